The minimum atomic E-state index is -0.269. The van der Waals surface area contributed by atoms with Crippen LogP contribution >= 0.6 is 11.6 Å². The van der Waals surface area contributed by atoms with Gasteiger partial charge in [-0.3, -0.25) is 0 Å². The zero-order valence-corrected chi connectivity index (χ0v) is 8.69. The van der Waals surface area contributed by atoms with Crippen molar-refractivity contribution in [3.63, 3.8) is 0 Å². The van der Waals surface area contributed by atoms with E-state index >= 15 is 0 Å². The molecular formula is C10H6ClN3O2. The van der Waals surface area contributed by atoms with Gasteiger partial charge in [0.25, 0.3) is 5.88 Å². The van der Waals surface area contributed by atoms with Crippen molar-refractivity contribution in [3.05, 3.63) is 23.2 Å². The Labute approximate surface area is 94.5 Å². The molecule has 0 saturated carbocycles. The summed E-state index contributed by atoms with van der Waals surface area (Å²) in [7, 11) is 0. The number of nitrogen functional groups attached to an aromatic ring is 1. The Kier molecular flexibility index (Phi) is 1.73. The van der Waals surface area contributed by atoms with Crippen LogP contribution in [0, 0.1) is 0 Å². The SMILES string of the molecule is Nc1nc(O)c2oc3ccc(Cl)cc3c2n1. The minimum Gasteiger partial charge on any atom is -0.490 e. The second-order valence-electron chi connectivity index (χ2n) is 3.33. The molecule has 80 valence electrons. The van der Waals surface area contributed by atoms with Crippen LogP contribution in [0.25, 0.3) is 22.1 Å². The molecule has 5 nitrogen and oxygen atoms in total. The highest BCUT2D eigenvalue weighted by Crippen LogP contribution is 2.33. The average molecular weight is 236 g/mol. The molecule has 1 aromatic carbocycles. The van der Waals surface area contributed by atoms with E-state index in [2.05, 4.69) is 9.97 Å². The highest BCUT2D eigenvalue weighted by molar-refractivity contribution is 6.31. The molecule has 0 aliphatic carbocycles. The van der Waals surface area contributed by atoms with Gasteiger partial charge in [0.15, 0.2) is 0 Å². The topological polar surface area (TPSA) is 85.2 Å². The number of nitrogens with two attached hydrogens (primary N) is 1. The molecule has 2 aromatic heterocycles. The summed E-state index contributed by atoms with van der Waals surface area (Å²) in [5.74, 6) is -0.275. The fraction of sp³-hybridized carbons (Fsp3) is 0. The summed E-state index contributed by atoms with van der Waals surface area (Å²) in [6, 6.07) is 5.10. The number of aromatic hydroxyl groups is 1. The quantitative estimate of drug-likeness (QED) is 0.625. The molecule has 6 heteroatoms. The van der Waals surface area contributed by atoms with Crippen LogP contribution in [0.3, 0.4) is 0 Å². The fourth-order valence-corrected chi connectivity index (χ4v) is 1.79. The van der Waals surface area contributed by atoms with Gasteiger partial charge in [-0.2, -0.15) is 4.98 Å². The van der Waals surface area contributed by atoms with Crippen molar-refractivity contribution < 1.29 is 9.52 Å². The Hall–Kier alpha value is -2.01. The molecule has 0 aliphatic rings. The molecule has 3 N–H and O–H groups in total. The van der Waals surface area contributed by atoms with Gasteiger partial charge in [0.1, 0.15) is 11.1 Å². The lowest BCUT2D eigenvalue weighted by molar-refractivity contribution is 0.448. The van der Waals surface area contributed by atoms with E-state index in [4.69, 9.17) is 21.8 Å². The molecule has 0 unspecified atom stereocenters. The number of hydrogen-bond donors (Lipinski definition) is 2. The molecule has 2 heterocycles. The Morgan fingerprint density at radius 2 is 2.12 bits per heavy atom. The Morgan fingerprint density at radius 3 is 2.94 bits per heavy atom. The van der Waals surface area contributed by atoms with E-state index in [9.17, 15) is 5.11 Å². The summed E-state index contributed by atoms with van der Waals surface area (Å²) in [5.41, 5.74) is 6.71. The smallest absolute Gasteiger partial charge is 0.260 e. The zero-order valence-electron chi connectivity index (χ0n) is 7.94. The van der Waals surface area contributed by atoms with Gasteiger partial charge in [0.2, 0.25) is 11.5 Å². The van der Waals surface area contributed by atoms with Gasteiger partial charge in [-0.15, -0.1) is 0 Å². The van der Waals surface area contributed by atoms with Gasteiger partial charge >= 0.3 is 0 Å². The number of aromatic nitrogens is 2. The molecule has 0 amide bonds. The first-order chi connectivity index (χ1) is 7.65. The molecule has 16 heavy (non-hydrogen) atoms. The Balaban J connectivity index is 2.57. The number of hydrogen-bond acceptors (Lipinski definition) is 5. The highest BCUT2D eigenvalue weighted by atomic mass is 35.5. The maximum absolute atomic E-state index is 9.56. The zero-order chi connectivity index (χ0) is 11.3. The summed E-state index contributed by atoms with van der Waals surface area (Å²) in [4.78, 5) is 7.63. The van der Waals surface area contributed by atoms with E-state index in [1.807, 2.05) is 0 Å². The predicted octanol–water partition coefficient (Wildman–Crippen LogP) is 2.32. The normalized spacial score (nSPS) is 11.3. The third-order valence-electron chi connectivity index (χ3n) is 2.27. The number of nitrogens with zero attached hydrogens (tertiary/aromatic N) is 2. The van der Waals surface area contributed by atoms with E-state index < -0.39 is 0 Å². The van der Waals surface area contributed by atoms with Crippen LogP contribution in [-0.4, -0.2) is 15.1 Å². The van der Waals surface area contributed by atoms with Gasteiger partial charge in [0, 0.05) is 10.4 Å². The minimum absolute atomic E-state index is 0.00678. The second-order valence-corrected chi connectivity index (χ2v) is 3.76. The number of anilines is 1. The standard InChI is InChI=1S/C10H6ClN3O2/c11-4-1-2-6-5(3-4)7-8(16-6)9(15)14-10(12)13-7/h1-3H,(H3,12,13,14,15). The summed E-state index contributed by atoms with van der Waals surface area (Å²) >= 11 is 5.88. The maximum Gasteiger partial charge on any atom is 0.260 e. The van der Waals surface area contributed by atoms with Gasteiger partial charge < -0.3 is 15.3 Å². The van der Waals surface area contributed by atoms with Crippen molar-refractivity contribution in [2.75, 3.05) is 5.73 Å². The van der Waals surface area contributed by atoms with Crippen molar-refractivity contribution in [2.24, 2.45) is 0 Å². The molecule has 3 aromatic rings. The van der Waals surface area contributed by atoms with E-state index in [1.54, 1.807) is 18.2 Å². The summed E-state index contributed by atoms with van der Waals surface area (Å²) in [6.45, 7) is 0. The molecule has 3 rings (SSSR count). The Bertz CT molecular complexity index is 708. The number of benzene rings is 1. The first-order valence-corrected chi connectivity index (χ1v) is 4.87. The van der Waals surface area contributed by atoms with E-state index in [1.165, 1.54) is 0 Å². The van der Waals surface area contributed by atoms with Crippen LogP contribution in [0.1, 0.15) is 0 Å². The van der Waals surface area contributed by atoms with Gasteiger partial charge in [0.05, 0.1) is 0 Å². The van der Waals surface area contributed by atoms with Crippen LogP contribution in [-0.2, 0) is 0 Å². The summed E-state index contributed by atoms with van der Waals surface area (Å²) in [5, 5.41) is 10.8. The number of halogens is 1. The third-order valence-corrected chi connectivity index (χ3v) is 2.51. The lowest BCUT2D eigenvalue weighted by Gasteiger charge is -1.94. The number of furan rings is 1. The van der Waals surface area contributed by atoms with Crippen molar-refractivity contribution in [3.8, 4) is 5.88 Å². The summed E-state index contributed by atoms with van der Waals surface area (Å²) < 4.78 is 5.40. The van der Waals surface area contributed by atoms with E-state index in [-0.39, 0.29) is 17.4 Å². The molecule has 0 saturated heterocycles. The molecule has 0 fully saturated rings. The highest BCUT2D eigenvalue weighted by Gasteiger charge is 2.14. The molecule has 0 aliphatic heterocycles. The first kappa shape index (κ1) is 9.23. The average Bonchev–Trinajstić information content (AvgIpc) is 2.57. The van der Waals surface area contributed by atoms with Crippen LogP contribution in [0.15, 0.2) is 22.6 Å². The molecule has 0 radical (unpaired) electrons. The monoisotopic (exact) mass is 235 g/mol. The maximum atomic E-state index is 9.56. The molecule has 0 bridgehead atoms. The van der Waals surface area contributed by atoms with Crippen molar-refractivity contribution in [1.82, 2.24) is 9.97 Å². The first-order valence-electron chi connectivity index (χ1n) is 4.49. The second kappa shape index (κ2) is 2.99. The Morgan fingerprint density at radius 1 is 1.31 bits per heavy atom. The number of rotatable bonds is 0. The van der Waals surface area contributed by atoms with Gasteiger partial charge in [-0.1, -0.05) is 11.6 Å². The number of fused-ring (bicyclic) bond motifs is 3. The predicted molar refractivity (Wildman–Crippen MR) is 60.4 cm³/mol. The third kappa shape index (κ3) is 1.18. The largest absolute Gasteiger partial charge is 0.490 e. The van der Waals surface area contributed by atoms with E-state index in [0.29, 0.717) is 21.5 Å². The molecule has 0 spiro atoms. The fourth-order valence-electron chi connectivity index (χ4n) is 1.62. The van der Waals surface area contributed by atoms with Gasteiger partial charge in [-0.05, 0) is 18.2 Å². The molecular weight excluding hydrogens is 230 g/mol. The van der Waals surface area contributed by atoms with Crippen molar-refractivity contribution >= 4 is 39.6 Å². The van der Waals surface area contributed by atoms with Crippen LogP contribution in [0.2, 0.25) is 5.02 Å². The lowest BCUT2D eigenvalue weighted by atomic mass is 10.2. The van der Waals surface area contributed by atoms with Crippen LogP contribution in [0.5, 0.6) is 5.88 Å². The summed E-state index contributed by atoms with van der Waals surface area (Å²) in [6.07, 6.45) is 0. The lowest BCUT2D eigenvalue weighted by Crippen LogP contribution is -1.93. The van der Waals surface area contributed by atoms with E-state index in [0.717, 1.165) is 0 Å². The van der Waals surface area contributed by atoms with Crippen LogP contribution in [0.4, 0.5) is 5.95 Å². The molecule has 0 atom stereocenters. The van der Waals surface area contributed by atoms with Gasteiger partial charge in [-0.25, -0.2) is 4.98 Å². The van der Waals surface area contributed by atoms with Crippen molar-refractivity contribution in [2.45, 2.75) is 0 Å². The van der Waals surface area contributed by atoms with Crippen molar-refractivity contribution in [1.29, 1.82) is 0 Å². The van der Waals surface area contributed by atoms with Crippen LogP contribution < -0.4 is 5.73 Å².